The first-order chi connectivity index (χ1) is 16.4. The van der Waals surface area contributed by atoms with Crippen molar-refractivity contribution in [3.05, 3.63) is 71.3 Å². The third-order valence-corrected chi connectivity index (χ3v) is 6.41. The summed E-state index contributed by atoms with van der Waals surface area (Å²) in [4.78, 5) is 14.4. The molecule has 1 fully saturated rings. The fourth-order valence-electron chi connectivity index (χ4n) is 4.16. The molecule has 0 radical (unpaired) electrons. The van der Waals surface area contributed by atoms with Gasteiger partial charge in [0.15, 0.2) is 0 Å². The molecule has 1 saturated heterocycles. The first-order valence-electron chi connectivity index (χ1n) is 12.1. The number of hydrogen-bond acceptors (Lipinski definition) is 4. The van der Waals surface area contributed by atoms with Crippen LogP contribution in [-0.4, -0.2) is 36.1 Å². The summed E-state index contributed by atoms with van der Waals surface area (Å²) in [6.07, 6.45) is 10.2. The van der Waals surface area contributed by atoms with Gasteiger partial charge >= 0.3 is 0 Å². The maximum Gasteiger partial charge on any atom is 0.140 e. The molecule has 0 bridgehead atoms. The summed E-state index contributed by atoms with van der Waals surface area (Å²) in [6.45, 7) is 11.3. The molecule has 2 aromatic heterocycles. The molecule has 3 aromatic rings. The lowest BCUT2D eigenvalue weighted by atomic mass is 9.87. The second-order valence-corrected chi connectivity index (χ2v) is 9.08. The summed E-state index contributed by atoms with van der Waals surface area (Å²) in [5, 5.41) is 3.37. The van der Waals surface area contributed by atoms with Gasteiger partial charge in [-0.2, -0.15) is 4.73 Å². The zero-order valence-corrected chi connectivity index (χ0v) is 21.0. The second-order valence-electron chi connectivity index (χ2n) is 9.08. The molecule has 1 aromatic carbocycles. The first kappa shape index (κ1) is 25.6. The Hall–Kier alpha value is -2.99. The molecule has 0 unspecified atom stereocenters. The number of benzene rings is 1. The lowest BCUT2D eigenvalue weighted by molar-refractivity contribution is 0.107. The van der Waals surface area contributed by atoms with Crippen molar-refractivity contribution in [2.24, 2.45) is 16.8 Å². The van der Waals surface area contributed by atoms with Gasteiger partial charge in [-0.05, 0) is 92.6 Å². The van der Waals surface area contributed by atoms with Gasteiger partial charge in [-0.25, -0.2) is 4.39 Å². The van der Waals surface area contributed by atoms with E-state index in [0.29, 0.717) is 0 Å². The number of nitrogens with one attached hydrogen (secondary N) is 1. The molecular formula is C28H37FN4O. The highest BCUT2D eigenvalue weighted by atomic mass is 19.1. The second kappa shape index (κ2) is 12.5. The highest BCUT2D eigenvalue weighted by Crippen LogP contribution is 2.21. The zero-order chi connectivity index (χ0) is 24.5. The minimum Gasteiger partial charge on any atom is -0.409 e. The van der Waals surface area contributed by atoms with Crippen LogP contribution in [0.25, 0.3) is 16.6 Å². The van der Waals surface area contributed by atoms with Gasteiger partial charge in [0.25, 0.3) is 0 Å². The minimum atomic E-state index is -0.262. The summed E-state index contributed by atoms with van der Waals surface area (Å²) >= 11 is 0. The number of nitrogens with zero attached hydrogens (tertiary/aromatic N) is 3. The molecule has 1 N–H and O–H groups in total. The predicted molar refractivity (Wildman–Crippen MR) is 140 cm³/mol. The Morgan fingerprint density at radius 2 is 2.03 bits per heavy atom. The summed E-state index contributed by atoms with van der Waals surface area (Å²) in [5.41, 5.74) is 5.46. The van der Waals surface area contributed by atoms with E-state index in [9.17, 15) is 4.39 Å². The Kier molecular flexibility index (Phi) is 9.40. The van der Waals surface area contributed by atoms with Gasteiger partial charge in [0.2, 0.25) is 0 Å². The van der Waals surface area contributed by atoms with Crippen molar-refractivity contribution < 1.29 is 9.23 Å². The molecule has 6 heteroatoms. The van der Waals surface area contributed by atoms with Crippen LogP contribution in [0.2, 0.25) is 0 Å². The lowest BCUT2D eigenvalue weighted by Crippen LogP contribution is -2.29. The van der Waals surface area contributed by atoms with Crippen LogP contribution in [0.1, 0.15) is 50.3 Å². The van der Waals surface area contributed by atoms with Crippen LogP contribution >= 0.6 is 0 Å². The fraction of sp³-hybridized carbons (Fsp3) is 0.429. The van der Waals surface area contributed by atoms with E-state index in [2.05, 4.69) is 29.1 Å². The number of hydrogen-bond donors (Lipinski definition) is 1. The summed E-state index contributed by atoms with van der Waals surface area (Å²) in [6, 6.07) is 8.61. The van der Waals surface area contributed by atoms with E-state index >= 15 is 0 Å². The Labute approximate surface area is 202 Å². The predicted octanol–water partition coefficient (Wildman–Crippen LogP) is 5.86. The monoisotopic (exact) mass is 464 g/mol. The van der Waals surface area contributed by atoms with E-state index < -0.39 is 0 Å². The molecule has 0 saturated carbocycles. The van der Waals surface area contributed by atoms with Gasteiger partial charge in [0.05, 0.1) is 5.52 Å². The number of halogens is 1. The molecule has 1 aliphatic rings. The van der Waals surface area contributed by atoms with Crippen molar-refractivity contribution in [1.82, 2.24) is 15.0 Å². The first-order valence-corrected chi connectivity index (χ1v) is 12.1. The maximum absolute atomic E-state index is 13.4. The minimum absolute atomic E-state index is 0.262. The van der Waals surface area contributed by atoms with Gasteiger partial charge in [-0.15, -0.1) is 0 Å². The number of piperidine rings is 1. The molecule has 0 spiro atoms. The Balaban J connectivity index is 0.000000302. The zero-order valence-electron chi connectivity index (χ0n) is 21.0. The van der Waals surface area contributed by atoms with Crippen molar-refractivity contribution in [3.63, 3.8) is 0 Å². The molecular weight excluding hydrogens is 427 g/mol. The standard InChI is InChI=1S/C20H20FN3O.C8H17N/c1-4-15(11-22-3)16-10-20-19(23-12-16)7-8-24(20)25-13-17-9-18(21)6-5-14(17)2;1-7(2)8-3-5-9-6-4-8/h4-12H,13H2,1-3H3;7-9H,3-6H2,1-2H3/b15-4+,22-11?;. The number of aromatic nitrogens is 2. The molecule has 1 aliphatic heterocycles. The van der Waals surface area contributed by atoms with Gasteiger partial charge in [-0.1, -0.05) is 26.0 Å². The molecule has 182 valence electrons. The Morgan fingerprint density at radius 1 is 1.26 bits per heavy atom. The van der Waals surface area contributed by atoms with Crippen molar-refractivity contribution in [3.8, 4) is 0 Å². The number of pyridine rings is 1. The number of fused-ring (bicyclic) bond motifs is 1. The normalized spacial score (nSPS) is 15.1. The van der Waals surface area contributed by atoms with Gasteiger partial charge in [0, 0.05) is 31.2 Å². The van der Waals surface area contributed by atoms with E-state index in [1.165, 1.54) is 38.1 Å². The van der Waals surface area contributed by atoms with E-state index in [-0.39, 0.29) is 12.4 Å². The van der Waals surface area contributed by atoms with Crippen molar-refractivity contribution in [2.45, 2.75) is 47.1 Å². The fourth-order valence-corrected chi connectivity index (χ4v) is 4.16. The number of allylic oxidation sites excluding steroid dienone is 2. The molecule has 5 nitrogen and oxygen atoms in total. The average Bonchev–Trinajstić information content (AvgIpc) is 3.26. The molecule has 3 heterocycles. The summed E-state index contributed by atoms with van der Waals surface area (Å²) in [5.74, 6) is 1.63. The van der Waals surface area contributed by atoms with Crippen LogP contribution in [0.3, 0.4) is 0 Å². The van der Waals surface area contributed by atoms with E-state index in [1.807, 2.05) is 44.4 Å². The van der Waals surface area contributed by atoms with Gasteiger partial charge in [0.1, 0.15) is 17.9 Å². The molecule has 0 atom stereocenters. The van der Waals surface area contributed by atoms with E-state index in [1.54, 1.807) is 24.1 Å². The van der Waals surface area contributed by atoms with Crippen LogP contribution in [0, 0.1) is 24.6 Å². The van der Waals surface area contributed by atoms with Crippen LogP contribution in [-0.2, 0) is 6.61 Å². The van der Waals surface area contributed by atoms with Gasteiger partial charge in [-0.3, -0.25) is 9.98 Å². The summed E-state index contributed by atoms with van der Waals surface area (Å²) < 4.78 is 15.1. The number of aryl methyl sites for hydroxylation is 1. The topological polar surface area (TPSA) is 51.4 Å². The Bertz CT molecular complexity index is 1130. The van der Waals surface area contributed by atoms with Crippen molar-refractivity contribution in [2.75, 3.05) is 20.1 Å². The highest BCUT2D eigenvalue weighted by molar-refractivity contribution is 6.10. The SMILES string of the molecule is C/C=C(\C=NC)c1cnc2ccn(OCc3cc(F)ccc3C)c2c1.CC(C)C1CCNCC1. The third-order valence-electron chi connectivity index (χ3n) is 6.41. The quantitative estimate of drug-likeness (QED) is 0.465. The van der Waals surface area contributed by atoms with E-state index in [0.717, 1.165) is 45.1 Å². The van der Waals surface area contributed by atoms with Crippen molar-refractivity contribution in [1.29, 1.82) is 0 Å². The van der Waals surface area contributed by atoms with Crippen LogP contribution in [0.15, 0.2) is 53.8 Å². The molecule has 4 rings (SSSR count). The largest absolute Gasteiger partial charge is 0.409 e. The lowest BCUT2D eigenvalue weighted by Gasteiger charge is -2.25. The van der Waals surface area contributed by atoms with Crippen LogP contribution in [0.4, 0.5) is 4.39 Å². The average molecular weight is 465 g/mol. The maximum atomic E-state index is 13.4. The van der Waals surface area contributed by atoms with Gasteiger partial charge < -0.3 is 10.2 Å². The number of aliphatic imine (C=N–C) groups is 1. The highest BCUT2D eigenvalue weighted by Gasteiger charge is 2.15. The van der Waals surface area contributed by atoms with Crippen LogP contribution < -0.4 is 10.2 Å². The van der Waals surface area contributed by atoms with E-state index in [4.69, 9.17) is 4.84 Å². The molecule has 0 aliphatic carbocycles. The third kappa shape index (κ3) is 6.76. The summed E-state index contributed by atoms with van der Waals surface area (Å²) in [7, 11) is 1.74. The molecule has 34 heavy (non-hydrogen) atoms. The number of rotatable bonds is 6. The van der Waals surface area contributed by atoms with Crippen LogP contribution in [0.5, 0.6) is 0 Å². The molecule has 0 amide bonds. The van der Waals surface area contributed by atoms with Crippen molar-refractivity contribution >= 4 is 22.8 Å². The Morgan fingerprint density at radius 3 is 2.68 bits per heavy atom. The smallest absolute Gasteiger partial charge is 0.140 e.